The first-order valence-electron chi connectivity index (χ1n) is 7.14. The minimum absolute atomic E-state index is 0.191. The van der Waals surface area contributed by atoms with E-state index in [9.17, 15) is 31.4 Å². The first-order valence-corrected chi connectivity index (χ1v) is 7.14. The van der Waals surface area contributed by atoms with Crippen LogP contribution in [0.15, 0.2) is 24.8 Å². The van der Waals surface area contributed by atoms with Crippen LogP contribution < -0.4 is 4.74 Å². The molecule has 0 aromatic carbocycles. The van der Waals surface area contributed by atoms with Crippen molar-refractivity contribution in [3.8, 4) is 5.75 Å². The van der Waals surface area contributed by atoms with Crippen LogP contribution in [0.3, 0.4) is 0 Å². The van der Waals surface area contributed by atoms with E-state index in [4.69, 9.17) is 4.74 Å². The van der Waals surface area contributed by atoms with Crippen molar-refractivity contribution in [3.05, 3.63) is 41.7 Å². The van der Waals surface area contributed by atoms with Crippen molar-refractivity contribution in [2.24, 2.45) is 0 Å². The zero-order valence-electron chi connectivity index (χ0n) is 13.3. The smallest absolute Gasteiger partial charge is 0.422 e. The molecule has 1 aromatic heterocycles. The number of fused-ring (bicyclic) bond motifs is 1. The van der Waals surface area contributed by atoms with Crippen molar-refractivity contribution in [3.63, 3.8) is 0 Å². The van der Waals surface area contributed by atoms with Crippen LogP contribution in [0.5, 0.6) is 5.75 Å². The number of allylic oxidation sites excluding steroid dienone is 3. The van der Waals surface area contributed by atoms with Crippen LogP contribution in [-0.2, 0) is 5.60 Å². The van der Waals surface area contributed by atoms with Gasteiger partial charge in [0.15, 0.2) is 5.60 Å². The van der Waals surface area contributed by atoms with Crippen molar-refractivity contribution in [1.82, 2.24) is 4.98 Å². The molecule has 0 fully saturated rings. The molecule has 0 saturated carbocycles. The van der Waals surface area contributed by atoms with Crippen LogP contribution >= 0.6 is 0 Å². The predicted molar refractivity (Wildman–Crippen MR) is 78.0 cm³/mol. The number of hydrogen-bond donors (Lipinski definition) is 1. The zero-order chi connectivity index (χ0) is 19.2. The van der Waals surface area contributed by atoms with Crippen molar-refractivity contribution < 1.29 is 36.2 Å². The summed E-state index contributed by atoms with van der Waals surface area (Å²) in [5.41, 5.74) is -4.75. The Morgan fingerprint density at radius 3 is 2.40 bits per heavy atom. The predicted octanol–water partition coefficient (Wildman–Crippen LogP) is 4.48. The van der Waals surface area contributed by atoms with E-state index in [0.717, 1.165) is 0 Å². The first kappa shape index (κ1) is 19.3. The van der Waals surface area contributed by atoms with Gasteiger partial charge >= 0.3 is 12.4 Å². The number of aliphatic hydroxyl groups is 1. The zero-order valence-corrected chi connectivity index (χ0v) is 13.3. The lowest BCUT2D eigenvalue weighted by atomic mass is 9.93. The van der Waals surface area contributed by atoms with Gasteiger partial charge in [0.1, 0.15) is 24.0 Å². The minimum Gasteiger partial charge on any atom is -0.490 e. The topological polar surface area (TPSA) is 42.4 Å². The highest BCUT2D eigenvalue weighted by atomic mass is 19.4. The molecular weight excluding hydrogens is 352 g/mol. The van der Waals surface area contributed by atoms with Gasteiger partial charge in [-0.2, -0.15) is 26.3 Å². The van der Waals surface area contributed by atoms with E-state index in [1.807, 2.05) is 0 Å². The maximum atomic E-state index is 13.2. The van der Waals surface area contributed by atoms with E-state index in [-0.39, 0.29) is 17.0 Å². The maximum absolute atomic E-state index is 13.2. The average Bonchev–Trinajstić information content (AvgIpc) is 2.88. The molecule has 0 amide bonds. The van der Waals surface area contributed by atoms with Gasteiger partial charge < -0.3 is 9.84 Å². The molecule has 1 aliphatic rings. The van der Waals surface area contributed by atoms with E-state index in [1.54, 1.807) is 0 Å². The fourth-order valence-electron chi connectivity index (χ4n) is 2.41. The standard InChI is InChI=1S/C16H15F6NO2/c1-4-5-8(2)12-13-9(10(7-25-13)15(17,18)19)6-11(23-12)14(3,24)16(20,21)22/h4-6,10,24H,1,7H2,2-3H3/b8-5+/t10-,14?/m1/s1. The molecule has 1 aromatic rings. The molecule has 25 heavy (non-hydrogen) atoms. The van der Waals surface area contributed by atoms with Crippen molar-refractivity contribution in [2.75, 3.05) is 6.61 Å². The first-order chi connectivity index (χ1) is 11.3. The largest absolute Gasteiger partial charge is 0.490 e. The lowest BCUT2D eigenvalue weighted by Crippen LogP contribution is -2.40. The molecule has 1 aliphatic heterocycles. The third-order valence-electron chi connectivity index (χ3n) is 3.96. The Balaban J connectivity index is 2.76. The Hall–Kier alpha value is -2.03. The number of pyridine rings is 1. The monoisotopic (exact) mass is 367 g/mol. The molecular formula is C16H15F6NO2. The molecule has 0 saturated heterocycles. The van der Waals surface area contributed by atoms with Gasteiger partial charge in [0, 0.05) is 5.56 Å². The van der Waals surface area contributed by atoms with E-state index in [1.165, 1.54) is 19.1 Å². The van der Waals surface area contributed by atoms with Crippen molar-refractivity contribution in [2.45, 2.75) is 37.7 Å². The van der Waals surface area contributed by atoms with Crippen LogP contribution in [0.1, 0.15) is 36.7 Å². The van der Waals surface area contributed by atoms with Gasteiger partial charge in [0.2, 0.25) is 0 Å². The minimum atomic E-state index is -5.12. The summed E-state index contributed by atoms with van der Waals surface area (Å²) < 4.78 is 83.9. The Morgan fingerprint density at radius 1 is 1.32 bits per heavy atom. The summed E-state index contributed by atoms with van der Waals surface area (Å²) in [5, 5.41) is 9.83. The van der Waals surface area contributed by atoms with Gasteiger partial charge in [0.25, 0.3) is 0 Å². The maximum Gasteiger partial charge on any atom is 0.422 e. The van der Waals surface area contributed by atoms with Crippen LogP contribution in [-0.4, -0.2) is 29.0 Å². The normalized spacial score (nSPS) is 20.7. The molecule has 2 atom stereocenters. The molecule has 1 unspecified atom stereocenters. The molecule has 2 heterocycles. The van der Waals surface area contributed by atoms with Gasteiger partial charge in [-0.05, 0) is 25.5 Å². The van der Waals surface area contributed by atoms with Gasteiger partial charge in [-0.1, -0.05) is 18.7 Å². The number of alkyl halides is 6. The number of aromatic nitrogens is 1. The lowest BCUT2D eigenvalue weighted by molar-refractivity contribution is -0.260. The summed E-state index contributed by atoms with van der Waals surface area (Å²) >= 11 is 0. The fraction of sp³-hybridized carbons (Fsp3) is 0.438. The van der Waals surface area contributed by atoms with Gasteiger partial charge in [-0.15, -0.1) is 0 Å². The Kier molecular flexibility index (Phi) is 4.67. The fourth-order valence-corrected chi connectivity index (χ4v) is 2.41. The number of rotatable bonds is 3. The molecule has 0 bridgehead atoms. The third kappa shape index (κ3) is 3.37. The van der Waals surface area contributed by atoms with Crippen LogP contribution in [0.25, 0.3) is 5.57 Å². The summed E-state index contributed by atoms with van der Waals surface area (Å²) in [7, 11) is 0. The third-order valence-corrected chi connectivity index (χ3v) is 3.96. The summed E-state index contributed by atoms with van der Waals surface area (Å²) in [4.78, 5) is 3.74. The second-order valence-electron chi connectivity index (χ2n) is 5.84. The number of ether oxygens (including phenoxy) is 1. The van der Waals surface area contributed by atoms with E-state index in [2.05, 4.69) is 11.6 Å². The highest BCUT2D eigenvalue weighted by molar-refractivity contribution is 5.70. The molecule has 3 nitrogen and oxygen atoms in total. The second kappa shape index (κ2) is 6.05. The van der Waals surface area contributed by atoms with Crippen molar-refractivity contribution in [1.29, 1.82) is 0 Å². The van der Waals surface area contributed by atoms with Crippen LogP contribution in [0.2, 0.25) is 0 Å². The number of nitrogens with zero attached hydrogens (tertiary/aromatic N) is 1. The molecule has 9 heteroatoms. The Labute approximate surface area is 139 Å². The molecule has 2 rings (SSSR count). The Morgan fingerprint density at radius 2 is 1.92 bits per heavy atom. The van der Waals surface area contributed by atoms with E-state index in [0.29, 0.717) is 13.0 Å². The summed E-state index contributed by atoms with van der Waals surface area (Å²) in [6, 6.07) is 0.610. The lowest BCUT2D eigenvalue weighted by Gasteiger charge is -2.27. The summed E-state index contributed by atoms with van der Waals surface area (Å²) in [6.45, 7) is 4.56. The molecule has 0 aliphatic carbocycles. The molecule has 0 spiro atoms. The highest BCUT2D eigenvalue weighted by Crippen LogP contribution is 2.48. The molecule has 0 radical (unpaired) electrons. The van der Waals surface area contributed by atoms with E-state index >= 15 is 0 Å². The number of hydrogen-bond acceptors (Lipinski definition) is 3. The van der Waals surface area contributed by atoms with Gasteiger partial charge in [0.05, 0.1) is 5.69 Å². The second-order valence-corrected chi connectivity index (χ2v) is 5.84. The number of halogens is 6. The average molecular weight is 367 g/mol. The highest BCUT2D eigenvalue weighted by Gasteiger charge is 2.54. The summed E-state index contributed by atoms with van der Waals surface area (Å²) in [5.74, 6) is -2.33. The Bertz CT molecular complexity index is 719. The van der Waals surface area contributed by atoms with Gasteiger partial charge in [-0.3, -0.25) is 0 Å². The molecule has 1 N–H and O–H groups in total. The quantitative estimate of drug-likeness (QED) is 0.633. The van der Waals surface area contributed by atoms with Crippen LogP contribution in [0, 0.1) is 0 Å². The molecule has 138 valence electrons. The SMILES string of the molecule is C=C/C=C(\C)c1nc(C(C)(O)C(F)(F)F)cc2c1OC[C@H]2C(F)(F)F. The van der Waals surface area contributed by atoms with Crippen LogP contribution in [0.4, 0.5) is 26.3 Å². The van der Waals surface area contributed by atoms with E-state index < -0.39 is 41.7 Å². The van der Waals surface area contributed by atoms with Crippen molar-refractivity contribution >= 4 is 5.57 Å². The van der Waals surface area contributed by atoms with Gasteiger partial charge in [-0.25, -0.2) is 4.98 Å². The summed E-state index contributed by atoms with van der Waals surface area (Å²) in [6.07, 6.45) is -7.14.